The first-order valence-corrected chi connectivity index (χ1v) is 5.77. The predicted octanol–water partition coefficient (Wildman–Crippen LogP) is 1.76. The molecule has 0 unspecified atom stereocenters. The lowest BCUT2D eigenvalue weighted by molar-refractivity contribution is -0.120. The van der Waals surface area contributed by atoms with Crippen molar-refractivity contribution in [3.05, 3.63) is 35.6 Å². The maximum atomic E-state index is 12.8. The minimum Gasteiger partial charge on any atom is -0.387 e. The van der Waals surface area contributed by atoms with Gasteiger partial charge in [-0.05, 0) is 24.6 Å². The molecule has 0 saturated heterocycles. The van der Waals surface area contributed by atoms with Gasteiger partial charge >= 0.3 is 0 Å². The zero-order valence-corrected chi connectivity index (χ0v) is 10.4. The van der Waals surface area contributed by atoms with Crippen LogP contribution in [-0.2, 0) is 4.79 Å². The van der Waals surface area contributed by atoms with Crippen LogP contribution in [0.4, 0.5) is 4.39 Å². The van der Waals surface area contributed by atoms with Crippen molar-refractivity contribution in [3.63, 3.8) is 0 Å². The molecule has 0 aromatic heterocycles. The lowest BCUT2D eigenvalue weighted by atomic mass is 10.1. The van der Waals surface area contributed by atoms with E-state index in [-0.39, 0.29) is 17.3 Å². The summed E-state index contributed by atoms with van der Waals surface area (Å²) in [7, 11) is 0. The second-order valence-corrected chi connectivity index (χ2v) is 4.81. The molecule has 1 aromatic rings. The minimum atomic E-state index is -0.897. The summed E-state index contributed by atoms with van der Waals surface area (Å²) in [5.41, 5.74) is 0.447. The average Bonchev–Trinajstić information content (AvgIpc) is 2.25. The van der Waals surface area contributed by atoms with Crippen LogP contribution in [0.25, 0.3) is 0 Å². The summed E-state index contributed by atoms with van der Waals surface area (Å²) in [6, 6.07) is 5.67. The molecule has 0 bridgehead atoms. The standard InChI is InChI=1S/C11H13BrFNO2/c1-7(12)11(16)14-6-10(15)8-3-2-4-9(13)5-8/h2-5,7,10,15H,6H2,1H3,(H,14,16)/t7-,10+/m0/s1. The van der Waals surface area contributed by atoms with Crippen LogP contribution < -0.4 is 5.32 Å². The van der Waals surface area contributed by atoms with Crippen molar-refractivity contribution in [2.75, 3.05) is 6.54 Å². The van der Waals surface area contributed by atoms with Crippen molar-refractivity contribution >= 4 is 21.8 Å². The lowest BCUT2D eigenvalue weighted by Crippen LogP contribution is -2.32. The van der Waals surface area contributed by atoms with Gasteiger partial charge in [-0.3, -0.25) is 4.79 Å². The molecule has 5 heteroatoms. The number of hydrogen-bond donors (Lipinski definition) is 2. The Morgan fingerprint density at radius 2 is 2.31 bits per heavy atom. The summed E-state index contributed by atoms with van der Waals surface area (Å²) >= 11 is 3.10. The van der Waals surface area contributed by atoms with E-state index in [1.807, 2.05) is 0 Å². The van der Waals surface area contributed by atoms with Crippen molar-refractivity contribution in [1.82, 2.24) is 5.32 Å². The molecule has 0 aliphatic heterocycles. The van der Waals surface area contributed by atoms with Crippen molar-refractivity contribution in [2.24, 2.45) is 0 Å². The zero-order valence-electron chi connectivity index (χ0n) is 8.78. The maximum Gasteiger partial charge on any atom is 0.233 e. The third-order valence-electron chi connectivity index (χ3n) is 2.06. The first-order valence-electron chi connectivity index (χ1n) is 4.86. The second kappa shape index (κ2) is 5.96. The number of carbonyl (C=O) groups is 1. The fourth-order valence-electron chi connectivity index (χ4n) is 1.17. The Balaban J connectivity index is 2.53. The van der Waals surface area contributed by atoms with Crippen LogP contribution in [-0.4, -0.2) is 22.4 Å². The van der Waals surface area contributed by atoms with E-state index in [1.54, 1.807) is 13.0 Å². The molecule has 0 spiro atoms. The number of rotatable bonds is 4. The summed E-state index contributed by atoms with van der Waals surface area (Å²) in [5, 5.41) is 12.2. The Morgan fingerprint density at radius 1 is 1.62 bits per heavy atom. The Bertz CT molecular complexity index is 371. The quantitative estimate of drug-likeness (QED) is 0.830. The fraction of sp³-hybridized carbons (Fsp3) is 0.364. The molecule has 88 valence electrons. The number of aliphatic hydroxyl groups excluding tert-OH is 1. The van der Waals surface area contributed by atoms with Gasteiger partial charge in [-0.15, -0.1) is 0 Å². The Morgan fingerprint density at radius 3 is 2.88 bits per heavy atom. The van der Waals surface area contributed by atoms with Crippen LogP contribution in [0.15, 0.2) is 24.3 Å². The highest BCUT2D eigenvalue weighted by molar-refractivity contribution is 9.10. The van der Waals surface area contributed by atoms with Gasteiger partial charge in [-0.2, -0.15) is 0 Å². The highest BCUT2D eigenvalue weighted by Crippen LogP contribution is 2.13. The van der Waals surface area contributed by atoms with Crippen LogP contribution in [0.2, 0.25) is 0 Å². The number of alkyl halides is 1. The van der Waals surface area contributed by atoms with Crippen molar-refractivity contribution in [1.29, 1.82) is 0 Å². The summed E-state index contributed by atoms with van der Waals surface area (Å²) in [5.74, 6) is -0.618. The maximum absolute atomic E-state index is 12.8. The van der Waals surface area contributed by atoms with E-state index in [9.17, 15) is 14.3 Å². The van der Waals surface area contributed by atoms with E-state index >= 15 is 0 Å². The van der Waals surface area contributed by atoms with Crippen LogP contribution in [0, 0.1) is 5.82 Å². The molecule has 2 N–H and O–H groups in total. The number of benzene rings is 1. The monoisotopic (exact) mass is 289 g/mol. The number of carbonyl (C=O) groups excluding carboxylic acids is 1. The largest absolute Gasteiger partial charge is 0.387 e. The lowest BCUT2D eigenvalue weighted by Gasteiger charge is -2.13. The summed E-state index contributed by atoms with van der Waals surface area (Å²) < 4.78 is 12.8. The normalized spacial score (nSPS) is 14.2. The number of aliphatic hydroxyl groups is 1. The zero-order chi connectivity index (χ0) is 12.1. The average molecular weight is 290 g/mol. The van der Waals surface area contributed by atoms with Gasteiger partial charge in [0.05, 0.1) is 10.9 Å². The van der Waals surface area contributed by atoms with E-state index in [0.717, 1.165) is 0 Å². The van der Waals surface area contributed by atoms with Crippen molar-refractivity contribution in [3.8, 4) is 0 Å². The molecule has 3 nitrogen and oxygen atoms in total. The molecular weight excluding hydrogens is 277 g/mol. The highest BCUT2D eigenvalue weighted by Gasteiger charge is 2.12. The molecule has 1 rings (SSSR count). The van der Waals surface area contributed by atoms with Crippen molar-refractivity contribution < 1.29 is 14.3 Å². The first-order chi connectivity index (χ1) is 7.50. The van der Waals surface area contributed by atoms with E-state index in [0.29, 0.717) is 5.56 Å². The number of amides is 1. The molecule has 2 atom stereocenters. The van der Waals surface area contributed by atoms with Gasteiger partial charge in [0.2, 0.25) is 5.91 Å². The van der Waals surface area contributed by atoms with Gasteiger partial charge in [-0.25, -0.2) is 4.39 Å². The smallest absolute Gasteiger partial charge is 0.233 e. The summed E-state index contributed by atoms with van der Waals surface area (Å²) in [4.78, 5) is 10.9. The molecule has 1 aromatic carbocycles. The molecule has 0 saturated carbocycles. The Hall–Kier alpha value is -0.940. The van der Waals surface area contributed by atoms with Crippen LogP contribution in [0.3, 0.4) is 0 Å². The molecule has 0 fully saturated rings. The van der Waals surface area contributed by atoms with E-state index in [2.05, 4.69) is 21.2 Å². The minimum absolute atomic E-state index is 0.0677. The predicted molar refractivity (Wildman–Crippen MR) is 62.8 cm³/mol. The third kappa shape index (κ3) is 3.90. The Labute approximate surface area is 102 Å². The topological polar surface area (TPSA) is 49.3 Å². The van der Waals surface area contributed by atoms with Crippen LogP contribution in [0.5, 0.6) is 0 Å². The van der Waals surface area contributed by atoms with Crippen LogP contribution >= 0.6 is 15.9 Å². The number of halogens is 2. The fourth-order valence-corrected chi connectivity index (χ4v) is 1.33. The molecule has 0 radical (unpaired) electrons. The van der Waals surface area contributed by atoms with E-state index in [1.165, 1.54) is 18.2 Å². The molecule has 0 aliphatic rings. The SMILES string of the molecule is C[C@H](Br)C(=O)NC[C@@H](O)c1cccc(F)c1. The number of hydrogen-bond acceptors (Lipinski definition) is 2. The van der Waals surface area contributed by atoms with E-state index in [4.69, 9.17) is 0 Å². The third-order valence-corrected chi connectivity index (χ3v) is 2.48. The number of nitrogens with one attached hydrogen (secondary N) is 1. The van der Waals surface area contributed by atoms with Gasteiger partial charge in [0.25, 0.3) is 0 Å². The molecule has 16 heavy (non-hydrogen) atoms. The van der Waals surface area contributed by atoms with E-state index < -0.39 is 11.9 Å². The molecular formula is C11H13BrFNO2. The highest BCUT2D eigenvalue weighted by atomic mass is 79.9. The van der Waals surface area contributed by atoms with Gasteiger partial charge in [0, 0.05) is 6.54 Å². The summed E-state index contributed by atoms with van der Waals surface area (Å²) in [6.07, 6.45) is -0.897. The Kier molecular flexibility index (Phi) is 4.89. The van der Waals surface area contributed by atoms with Gasteiger partial charge in [0.1, 0.15) is 5.82 Å². The summed E-state index contributed by atoms with van der Waals surface area (Å²) in [6.45, 7) is 1.75. The van der Waals surface area contributed by atoms with Crippen molar-refractivity contribution in [2.45, 2.75) is 17.9 Å². The first kappa shape index (κ1) is 13.1. The van der Waals surface area contributed by atoms with Gasteiger partial charge < -0.3 is 10.4 Å². The molecule has 0 aliphatic carbocycles. The van der Waals surface area contributed by atoms with Crippen LogP contribution in [0.1, 0.15) is 18.6 Å². The van der Waals surface area contributed by atoms with Gasteiger partial charge in [0.15, 0.2) is 0 Å². The molecule has 0 heterocycles. The second-order valence-electron chi connectivity index (χ2n) is 3.43. The molecule has 1 amide bonds. The van der Waals surface area contributed by atoms with Gasteiger partial charge in [-0.1, -0.05) is 28.1 Å².